The van der Waals surface area contributed by atoms with Crippen molar-refractivity contribution >= 4 is 10.1 Å². The van der Waals surface area contributed by atoms with Gasteiger partial charge in [-0.3, -0.25) is 4.55 Å². The third-order valence-corrected chi connectivity index (χ3v) is 3.52. The Morgan fingerprint density at radius 2 is 1.39 bits per heavy atom. The molecule has 0 unspecified atom stereocenters. The summed E-state index contributed by atoms with van der Waals surface area (Å²) >= 11 is 0. The summed E-state index contributed by atoms with van der Waals surface area (Å²) in [6.45, 7) is 5.69. The molecule has 23 heavy (non-hydrogen) atoms. The average molecular weight is 345 g/mol. The lowest BCUT2D eigenvalue weighted by Gasteiger charge is -2.00. The van der Waals surface area contributed by atoms with Crippen molar-refractivity contribution in [3.05, 3.63) is 30.1 Å². The minimum atomic E-state index is -3.67. The molecule has 1 rings (SSSR count). The summed E-state index contributed by atoms with van der Waals surface area (Å²) in [5.41, 5.74) is 1.47. The Morgan fingerprint density at radius 1 is 0.913 bits per heavy atom. The van der Waals surface area contributed by atoms with Crippen molar-refractivity contribution in [2.75, 3.05) is 6.26 Å². The minimum Gasteiger partial charge on any atom is -0.286 e. The highest BCUT2D eigenvalue weighted by molar-refractivity contribution is 7.85. The Kier molecular flexibility index (Phi) is 12.9. The fourth-order valence-corrected chi connectivity index (χ4v) is 2.34. The lowest BCUT2D eigenvalue weighted by molar-refractivity contribution is -0.697. The number of hydrogen-bond acceptors (Lipinski definition) is 2. The van der Waals surface area contributed by atoms with E-state index in [1.165, 1.54) is 69.9 Å². The van der Waals surface area contributed by atoms with Crippen LogP contribution in [0.5, 0.6) is 0 Å². The van der Waals surface area contributed by atoms with Gasteiger partial charge in [0.05, 0.1) is 6.26 Å². The van der Waals surface area contributed by atoms with Gasteiger partial charge in [-0.25, -0.2) is 4.57 Å². The van der Waals surface area contributed by atoms with Crippen LogP contribution < -0.4 is 4.57 Å². The minimum absolute atomic E-state index is 0.715. The third-order valence-electron chi connectivity index (χ3n) is 3.52. The van der Waals surface area contributed by atoms with Crippen molar-refractivity contribution < 1.29 is 17.5 Å². The van der Waals surface area contributed by atoms with Gasteiger partial charge in [0.1, 0.15) is 6.54 Å². The molecule has 0 amide bonds. The molecule has 1 N–H and O–H groups in total. The molecule has 1 aromatic rings. The number of rotatable bonds is 10. The largest absolute Gasteiger partial charge is 0.286 e. The zero-order valence-electron chi connectivity index (χ0n) is 15.0. The first-order valence-electron chi connectivity index (χ1n) is 8.77. The second-order valence-corrected chi connectivity index (χ2v) is 7.51. The Morgan fingerprint density at radius 3 is 1.87 bits per heavy atom. The van der Waals surface area contributed by atoms with Crippen molar-refractivity contribution in [1.82, 2.24) is 0 Å². The zero-order chi connectivity index (χ0) is 17.6. The van der Waals surface area contributed by atoms with E-state index < -0.39 is 10.1 Å². The summed E-state index contributed by atoms with van der Waals surface area (Å²) in [5.74, 6) is 0. The van der Waals surface area contributed by atoms with E-state index in [9.17, 15) is 8.42 Å². The summed E-state index contributed by atoms with van der Waals surface area (Å²) < 4.78 is 28.2. The second kappa shape index (κ2) is 13.5. The molecule has 1 aromatic heterocycles. The summed E-state index contributed by atoms with van der Waals surface area (Å²) in [5, 5.41) is 0. The van der Waals surface area contributed by atoms with Crippen LogP contribution >= 0.6 is 0 Å². The van der Waals surface area contributed by atoms with Gasteiger partial charge in [-0.2, -0.15) is 8.42 Å². The molecule has 0 saturated heterocycles. The highest BCUT2D eigenvalue weighted by Gasteiger charge is 2.00. The van der Waals surface area contributed by atoms with Gasteiger partial charge in [0.15, 0.2) is 12.4 Å². The van der Waals surface area contributed by atoms with Gasteiger partial charge in [-0.15, -0.1) is 0 Å². The number of hydrogen-bond donors (Lipinski definition) is 1. The highest BCUT2D eigenvalue weighted by Crippen LogP contribution is 2.06. The maximum absolute atomic E-state index is 9.19. The van der Waals surface area contributed by atoms with E-state index in [0.717, 1.165) is 0 Å². The maximum Gasteiger partial charge on any atom is 0.261 e. The first-order valence-corrected chi connectivity index (χ1v) is 10.6. The number of aryl methyl sites for hydroxylation is 2. The molecule has 0 aliphatic carbocycles. The lowest BCUT2D eigenvalue weighted by atomic mass is 10.1. The van der Waals surface area contributed by atoms with E-state index in [4.69, 9.17) is 4.55 Å². The second-order valence-electron chi connectivity index (χ2n) is 6.05. The van der Waals surface area contributed by atoms with Crippen molar-refractivity contribution in [2.45, 2.75) is 78.2 Å². The Hall–Kier alpha value is -0.940. The normalized spacial score (nSPS) is 11.0. The van der Waals surface area contributed by atoms with E-state index >= 15 is 0 Å². The smallest absolute Gasteiger partial charge is 0.261 e. The van der Waals surface area contributed by atoms with Crippen molar-refractivity contribution in [1.29, 1.82) is 0 Å². The van der Waals surface area contributed by atoms with Gasteiger partial charge in [0.25, 0.3) is 10.1 Å². The standard InChI is InChI=1S/C17H30N.CH4O3S/c1-3-5-6-7-8-9-10-14-18-15-12-17(11-4-2)13-16-18;1-5(2,3)4/h12-13,15-16H,3-11,14H2,1-2H3;1H3,(H,2,3,4)/q+1;. The van der Waals surface area contributed by atoms with Gasteiger partial charge in [-0.1, -0.05) is 52.4 Å². The quantitative estimate of drug-likeness (QED) is 0.393. The molecule has 4 nitrogen and oxygen atoms in total. The van der Waals surface area contributed by atoms with Crippen molar-refractivity contribution in [2.24, 2.45) is 0 Å². The molecule has 0 spiro atoms. The summed E-state index contributed by atoms with van der Waals surface area (Å²) in [4.78, 5) is 0. The molecular weight excluding hydrogens is 310 g/mol. The van der Waals surface area contributed by atoms with Crippen LogP contribution in [0.2, 0.25) is 0 Å². The molecule has 0 saturated carbocycles. The highest BCUT2D eigenvalue weighted by atomic mass is 32.2. The van der Waals surface area contributed by atoms with E-state index in [-0.39, 0.29) is 0 Å². The monoisotopic (exact) mass is 344 g/mol. The molecule has 5 heteroatoms. The van der Waals surface area contributed by atoms with E-state index in [1.54, 1.807) is 0 Å². The van der Waals surface area contributed by atoms with Gasteiger partial charge >= 0.3 is 0 Å². The Labute approximate surface area is 142 Å². The number of aromatic nitrogens is 1. The first kappa shape index (κ1) is 22.1. The van der Waals surface area contributed by atoms with Crippen molar-refractivity contribution in [3.63, 3.8) is 0 Å². The van der Waals surface area contributed by atoms with Crippen LogP contribution in [-0.2, 0) is 23.1 Å². The molecular formula is C18H34NO3S+. The zero-order valence-corrected chi connectivity index (χ0v) is 15.8. The van der Waals surface area contributed by atoms with Crippen LogP contribution in [0.15, 0.2) is 24.5 Å². The average Bonchev–Trinajstić information content (AvgIpc) is 2.47. The van der Waals surface area contributed by atoms with Crippen LogP contribution in [0.4, 0.5) is 0 Å². The number of nitrogens with zero attached hydrogens (tertiary/aromatic N) is 1. The molecule has 0 aromatic carbocycles. The van der Waals surface area contributed by atoms with E-state index in [0.29, 0.717) is 6.26 Å². The van der Waals surface area contributed by atoms with Gasteiger partial charge in [0.2, 0.25) is 0 Å². The fourth-order valence-electron chi connectivity index (χ4n) is 2.34. The van der Waals surface area contributed by atoms with Gasteiger partial charge in [0, 0.05) is 18.6 Å². The summed E-state index contributed by atoms with van der Waals surface area (Å²) in [7, 11) is -3.67. The van der Waals surface area contributed by atoms with Crippen LogP contribution in [-0.4, -0.2) is 19.2 Å². The molecule has 0 atom stereocenters. The SMILES string of the molecule is CCCCCCCCC[n+]1ccc(CCC)cc1.CS(=O)(=O)O. The topological polar surface area (TPSA) is 58.2 Å². The van der Waals surface area contributed by atoms with E-state index in [2.05, 4.69) is 42.9 Å². The van der Waals surface area contributed by atoms with Crippen LogP contribution in [0, 0.1) is 0 Å². The third kappa shape index (κ3) is 17.2. The first-order chi connectivity index (χ1) is 10.9. The molecule has 0 fully saturated rings. The molecule has 0 radical (unpaired) electrons. The maximum atomic E-state index is 9.19. The van der Waals surface area contributed by atoms with Crippen LogP contribution in [0.1, 0.15) is 70.8 Å². The van der Waals surface area contributed by atoms with Crippen LogP contribution in [0.3, 0.4) is 0 Å². The molecule has 0 aliphatic rings. The molecule has 0 aliphatic heterocycles. The number of pyridine rings is 1. The summed E-state index contributed by atoms with van der Waals surface area (Å²) in [6.07, 6.45) is 17.4. The van der Waals surface area contributed by atoms with Crippen molar-refractivity contribution in [3.8, 4) is 0 Å². The predicted molar refractivity (Wildman–Crippen MR) is 96.1 cm³/mol. The van der Waals surface area contributed by atoms with Gasteiger partial charge < -0.3 is 0 Å². The number of unbranched alkanes of at least 4 members (excludes halogenated alkanes) is 6. The predicted octanol–water partition coefficient (Wildman–Crippen LogP) is 4.18. The molecule has 134 valence electrons. The Bertz CT molecular complexity index is 475. The Balaban J connectivity index is 0.000000841. The molecule has 0 bridgehead atoms. The van der Waals surface area contributed by atoms with Gasteiger partial charge in [-0.05, 0) is 18.4 Å². The van der Waals surface area contributed by atoms with E-state index in [1.807, 2.05) is 0 Å². The molecule has 1 heterocycles. The lowest BCUT2D eigenvalue weighted by Crippen LogP contribution is -2.32. The fraction of sp³-hybridized carbons (Fsp3) is 0.722. The summed E-state index contributed by atoms with van der Waals surface area (Å²) in [6, 6.07) is 4.54. The van der Waals surface area contributed by atoms with Crippen LogP contribution in [0.25, 0.3) is 0 Å².